The molecule has 0 amide bonds. The summed E-state index contributed by atoms with van der Waals surface area (Å²) in [5.74, 6) is 0.909. The standard InChI is InChI=1S/C16H15N3OS/c1-2-4-11(5-3-1)14-12(6-8-20-14)19-16-15-13(7-9-21-15)17-10-18-16/h1-5,7,9-10,12,14H,6,8H2,(H,17,18,19)/t12-,14-/m1/s1. The Labute approximate surface area is 126 Å². The molecule has 5 heteroatoms. The van der Waals surface area contributed by atoms with Crippen molar-refractivity contribution in [2.24, 2.45) is 0 Å². The maximum Gasteiger partial charge on any atom is 0.147 e. The molecule has 0 aliphatic carbocycles. The number of aromatic nitrogens is 2. The van der Waals surface area contributed by atoms with Gasteiger partial charge < -0.3 is 10.1 Å². The smallest absolute Gasteiger partial charge is 0.147 e. The van der Waals surface area contributed by atoms with E-state index in [1.54, 1.807) is 17.7 Å². The number of anilines is 1. The van der Waals surface area contributed by atoms with Crippen LogP contribution in [0.25, 0.3) is 10.2 Å². The maximum atomic E-state index is 5.91. The molecule has 1 aromatic carbocycles. The van der Waals surface area contributed by atoms with Crippen LogP contribution in [0.3, 0.4) is 0 Å². The minimum atomic E-state index is 0.0798. The molecule has 0 spiro atoms. The van der Waals surface area contributed by atoms with E-state index in [0.29, 0.717) is 0 Å². The van der Waals surface area contributed by atoms with Crippen LogP contribution in [0.15, 0.2) is 48.1 Å². The van der Waals surface area contributed by atoms with Gasteiger partial charge in [-0.3, -0.25) is 0 Å². The number of ether oxygens (including phenoxy) is 1. The fraction of sp³-hybridized carbons (Fsp3) is 0.250. The van der Waals surface area contributed by atoms with Gasteiger partial charge in [0.1, 0.15) is 18.2 Å². The lowest BCUT2D eigenvalue weighted by Crippen LogP contribution is -2.23. The van der Waals surface area contributed by atoms with Crippen LogP contribution >= 0.6 is 11.3 Å². The highest BCUT2D eigenvalue weighted by molar-refractivity contribution is 7.17. The molecule has 2 atom stereocenters. The lowest BCUT2D eigenvalue weighted by Gasteiger charge is -2.20. The van der Waals surface area contributed by atoms with Gasteiger partial charge >= 0.3 is 0 Å². The number of hydrogen-bond donors (Lipinski definition) is 1. The Balaban J connectivity index is 1.63. The molecule has 4 nitrogen and oxygen atoms in total. The van der Waals surface area contributed by atoms with Crippen LogP contribution in [-0.4, -0.2) is 22.6 Å². The minimum absolute atomic E-state index is 0.0798. The fourth-order valence-corrected chi connectivity index (χ4v) is 3.57. The van der Waals surface area contributed by atoms with E-state index >= 15 is 0 Å². The second-order valence-corrected chi connectivity index (χ2v) is 6.01. The summed E-state index contributed by atoms with van der Waals surface area (Å²) in [5.41, 5.74) is 2.21. The van der Waals surface area contributed by atoms with Crippen molar-refractivity contribution < 1.29 is 4.74 Å². The molecule has 0 radical (unpaired) electrons. The second kappa shape index (κ2) is 5.42. The molecule has 3 heterocycles. The van der Waals surface area contributed by atoms with Crippen LogP contribution in [0.4, 0.5) is 5.82 Å². The normalized spacial score (nSPS) is 21.7. The fourth-order valence-electron chi connectivity index (χ4n) is 2.78. The van der Waals surface area contributed by atoms with Gasteiger partial charge in [-0.15, -0.1) is 11.3 Å². The lowest BCUT2D eigenvalue weighted by atomic mass is 10.0. The van der Waals surface area contributed by atoms with Crippen LogP contribution in [0.5, 0.6) is 0 Å². The van der Waals surface area contributed by atoms with Gasteiger partial charge in [0.15, 0.2) is 0 Å². The Kier molecular flexibility index (Phi) is 3.29. The van der Waals surface area contributed by atoms with E-state index in [1.807, 2.05) is 17.5 Å². The van der Waals surface area contributed by atoms with Gasteiger partial charge in [0.2, 0.25) is 0 Å². The van der Waals surface area contributed by atoms with Crippen LogP contribution in [-0.2, 0) is 4.74 Å². The van der Waals surface area contributed by atoms with Gasteiger partial charge in [-0.25, -0.2) is 9.97 Å². The predicted octanol–water partition coefficient (Wildman–Crippen LogP) is 3.63. The molecule has 1 aliphatic rings. The molecule has 1 saturated heterocycles. The van der Waals surface area contributed by atoms with Crippen molar-refractivity contribution >= 4 is 27.4 Å². The summed E-state index contributed by atoms with van der Waals surface area (Å²) in [5, 5.41) is 5.60. The van der Waals surface area contributed by atoms with E-state index in [9.17, 15) is 0 Å². The van der Waals surface area contributed by atoms with Crippen molar-refractivity contribution in [1.29, 1.82) is 0 Å². The highest BCUT2D eigenvalue weighted by Crippen LogP contribution is 2.33. The first-order valence-corrected chi connectivity index (χ1v) is 7.91. The third-order valence-corrected chi connectivity index (χ3v) is 4.70. The minimum Gasteiger partial charge on any atom is -0.371 e. The van der Waals surface area contributed by atoms with Crippen molar-refractivity contribution in [3.05, 3.63) is 53.7 Å². The van der Waals surface area contributed by atoms with E-state index in [4.69, 9.17) is 4.74 Å². The first-order valence-electron chi connectivity index (χ1n) is 7.03. The van der Waals surface area contributed by atoms with E-state index in [1.165, 1.54) is 5.56 Å². The van der Waals surface area contributed by atoms with Crippen LogP contribution in [0, 0.1) is 0 Å². The summed E-state index contributed by atoms with van der Waals surface area (Å²) >= 11 is 1.67. The Morgan fingerprint density at radius 1 is 1.14 bits per heavy atom. The van der Waals surface area contributed by atoms with Gasteiger partial charge in [0.05, 0.1) is 16.3 Å². The summed E-state index contributed by atoms with van der Waals surface area (Å²) in [7, 11) is 0. The van der Waals surface area contributed by atoms with Crippen LogP contribution in [0.1, 0.15) is 18.1 Å². The predicted molar refractivity (Wildman–Crippen MR) is 84.6 cm³/mol. The molecule has 106 valence electrons. The number of fused-ring (bicyclic) bond motifs is 1. The summed E-state index contributed by atoms with van der Waals surface area (Å²) in [6.45, 7) is 0.774. The third-order valence-electron chi connectivity index (χ3n) is 3.79. The number of benzene rings is 1. The van der Waals surface area contributed by atoms with Crippen molar-refractivity contribution in [3.8, 4) is 0 Å². The van der Waals surface area contributed by atoms with Crippen LogP contribution < -0.4 is 5.32 Å². The Morgan fingerprint density at radius 2 is 2.05 bits per heavy atom. The third kappa shape index (κ3) is 2.39. The molecular weight excluding hydrogens is 282 g/mol. The van der Waals surface area contributed by atoms with E-state index in [0.717, 1.165) is 29.1 Å². The topological polar surface area (TPSA) is 47.0 Å². The summed E-state index contributed by atoms with van der Waals surface area (Å²) in [6.07, 6.45) is 2.68. The molecule has 4 rings (SSSR count). The van der Waals surface area contributed by atoms with Gasteiger partial charge in [-0.2, -0.15) is 0 Å². The number of hydrogen-bond acceptors (Lipinski definition) is 5. The monoisotopic (exact) mass is 297 g/mol. The van der Waals surface area contributed by atoms with Gasteiger partial charge in [-0.1, -0.05) is 30.3 Å². The molecule has 0 unspecified atom stereocenters. The zero-order valence-electron chi connectivity index (χ0n) is 11.4. The quantitative estimate of drug-likeness (QED) is 0.802. The number of nitrogens with one attached hydrogen (secondary N) is 1. The first kappa shape index (κ1) is 12.7. The van der Waals surface area contributed by atoms with Crippen molar-refractivity contribution in [1.82, 2.24) is 9.97 Å². The molecule has 21 heavy (non-hydrogen) atoms. The van der Waals surface area contributed by atoms with Crippen molar-refractivity contribution in [2.45, 2.75) is 18.6 Å². The Bertz CT molecular complexity index is 743. The highest BCUT2D eigenvalue weighted by atomic mass is 32.1. The van der Waals surface area contributed by atoms with Gasteiger partial charge in [0, 0.05) is 6.61 Å². The molecule has 1 aliphatic heterocycles. The average Bonchev–Trinajstić information content (AvgIpc) is 3.17. The largest absolute Gasteiger partial charge is 0.371 e. The van der Waals surface area contributed by atoms with Crippen LogP contribution in [0.2, 0.25) is 0 Å². The molecule has 0 bridgehead atoms. The lowest BCUT2D eigenvalue weighted by molar-refractivity contribution is 0.107. The maximum absolute atomic E-state index is 5.91. The van der Waals surface area contributed by atoms with E-state index in [2.05, 4.69) is 39.6 Å². The summed E-state index contributed by atoms with van der Waals surface area (Å²) in [4.78, 5) is 8.69. The number of nitrogens with zero attached hydrogens (tertiary/aromatic N) is 2. The first-order chi connectivity index (χ1) is 10.4. The molecule has 2 aromatic heterocycles. The average molecular weight is 297 g/mol. The molecule has 0 saturated carbocycles. The van der Waals surface area contributed by atoms with Gasteiger partial charge in [-0.05, 0) is 23.4 Å². The van der Waals surface area contributed by atoms with E-state index in [-0.39, 0.29) is 12.1 Å². The summed E-state index contributed by atoms with van der Waals surface area (Å²) in [6, 6.07) is 12.6. The zero-order valence-corrected chi connectivity index (χ0v) is 12.2. The Morgan fingerprint density at radius 3 is 2.95 bits per heavy atom. The summed E-state index contributed by atoms with van der Waals surface area (Å²) < 4.78 is 7.02. The van der Waals surface area contributed by atoms with Crippen molar-refractivity contribution in [3.63, 3.8) is 0 Å². The number of thiophene rings is 1. The van der Waals surface area contributed by atoms with Gasteiger partial charge in [0.25, 0.3) is 0 Å². The zero-order chi connectivity index (χ0) is 14.1. The molecular formula is C16H15N3OS. The van der Waals surface area contributed by atoms with E-state index < -0.39 is 0 Å². The van der Waals surface area contributed by atoms with Crippen molar-refractivity contribution in [2.75, 3.05) is 11.9 Å². The number of rotatable bonds is 3. The molecule has 1 N–H and O–H groups in total. The highest BCUT2D eigenvalue weighted by Gasteiger charge is 2.30. The second-order valence-electron chi connectivity index (χ2n) is 5.10. The molecule has 3 aromatic rings. The Hall–Kier alpha value is -1.98. The SMILES string of the molecule is c1ccc([C@H]2OCC[C@H]2Nc2ncnc3ccsc23)cc1. The molecule has 1 fully saturated rings.